The quantitative estimate of drug-likeness (QED) is 0.304. The summed E-state index contributed by atoms with van der Waals surface area (Å²) in [7, 11) is 0. The summed E-state index contributed by atoms with van der Waals surface area (Å²) >= 11 is 0. The van der Waals surface area contributed by atoms with E-state index in [1.54, 1.807) is 25.7 Å². The molecule has 0 bridgehead atoms. The molecule has 0 saturated heterocycles. The van der Waals surface area contributed by atoms with Crippen molar-refractivity contribution in [1.29, 1.82) is 0 Å². The molecule has 0 saturated carbocycles. The van der Waals surface area contributed by atoms with Crippen LogP contribution in [0, 0.1) is 19.8 Å². The Bertz CT molecular complexity index is 869. The van der Waals surface area contributed by atoms with Gasteiger partial charge in [0.15, 0.2) is 0 Å². The number of carbonyl (C=O) groups is 3. The third-order valence-corrected chi connectivity index (χ3v) is 5.78. The molecule has 0 aromatic heterocycles. The molecule has 0 aliphatic heterocycles. The monoisotopic (exact) mass is 517 g/mol. The van der Waals surface area contributed by atoms with Gasteiger partial charge in [-0.15, -0.1) is 0 Å². The SMILES string of the molecule is CCCCCCN(C(=O)C(CC(C)C)NC(=O)OC(C)(C)C)C(C(=O)NC(C)C)c1cc(C)cc(C)c1. The van der Waals surface area contributed by atoms with Crippen LogP contribution < -0.4 is 10.6 Å². The molecule has 0 radical (unpaired) electrons. The first-order chi connectivity index (χ1) is 17.1. The lowest BCUT2D eigenvalue weighted by Gasteiger charge is -2.35. The lowest BCUT2D eigenvalue weighted by molar-refractivity contribution is -0.143. The van der Waals surface area contributed by atoms with Crippen LogP contribution in [-0.2, 0) is 14.3 Å². The molecular weight excluding hydrogens is 466 g/mol. The molecule has 0 spiro atoms. The number of benzene rings is 1. The first kappa shape index (κ1) is 32.5. The van der Waals surface area contributed by atoms with E-state index in [1.165, 1.54) is 0 Å². The Morgan fingerprint density at radius 2 is 1.51 bits per heavy atom. The Balaban J connectivity index is 3.53. The molecule has 37 heavy (non-hydrogen) atoms. The number of rotatable bonds is 13. The maximum atomic E-state index is 14.2. The van der Waals surface area contributed by atoms with E-state index in [9.17, 15) is 14.4 Å². The molecule has 1 rings (SSSR count). The summed E-state index contributed by atoms with van der Waals surface area (Å²) in [6.07, 6.45) is 3.66. The van der Waals surface area contributed by atoms with Crippen molar-refractivity contribution in [2.75, 3.05) is 6.54 Å². The van der Waals surface area contributed by atoms with Gasteiger partial charge in [-0.2, -0.15) is 0 Å². The maximum Gasteiger partial charge on any atom is 0.408 e. The second-order valence-electron chi connectivity index (χ2n) is 11.9. The lowest BCUT2D eigenvalue weighted by Crippen LogP contribution is -2.54. The van der Waals surface area contributed by atoms with Gasteiger partial charge in [-0.05, 0) is 72.8 Å². The topological polar surface area (TPSA) is 87.7 Å². The minimum absolute atomic E-state index is 0.0794. The predicted molar refractivity (Wildman–Crippen MR) is 150 cm³/mol. The third-order valence-electron chi connectivity index (χ3n) is 5.78. The van der Waals surface area contributed by atoms with E-state index < -0.39 is 23.8 Å². The standard InChI is InChI=1S/C30H51N3O4/c1-11-12-13-14-15-33(28(35)25(16-20(2)3)32-29(36)37-30(8,9)10)26(27(34)31-21(4)5)24-18-22(6)17-23(7)19-24/h17-21,25-26H,11-16H2,1-10H3,(H,31,34)(H,32,36). The van der Waals surface area contributed by atoms with Gasteiger partial charge in [-0.1, -0.05) is 69.4 Å². The van der Waals surface area contributed by atoms with Crippen molar-refractivity contribution >= 4 is 17.9 Å². The molecule has 0 aliphatic carbocycles. The van der Waals surface area contributed by atoms with Gasteiger partial charge in [0.25, 0.3) is 0 Å². The van der Waals surface area contributed by atoms with E-state index >= 15 is 0 Å². The fourth-order valence-corrected chi connectivity index (χ4v) is 4.42. The number of hydrogen-bond acceptors (Lipinski definition) is 4. The Labute approximate surface area is 225 Å². The van der Waals surface area contributed by atoms with Crippen LogP contribution >= 0.6 is 0 Å². The molecule has 7 nitrogen and oxygen atoms in total. The number of alkyl carbamates (subject to hydrolysis) is 1. The minimum atomic E-state index is -0.804. The molecule has 3 amide bonds. The van der Waals surface area contributed by atoms with Crippen LogP contribution in [0.5, 0.6) is 0 Å². The molecule has 0 fully saturated rings. The number of amides is 3. The van der Waals surface area contributed by atoms with Gasteiger partial charge in [0.05, 0.1) is 0 Å². The van der Waals surface area contributed by atoms with Gasteiger partial charge in [0.2, 0.25) is 11.8 Å². The Hall–Kier alpha value is -2.57. The van der Waals surface area contributed by atoms with E-state index in [1.807, 2.05) is 53.7 Å². The number of unbranched alkanes of at least 4 members (excludes halogenated alkanes) is 3. The Kier molecular flexibility index (Phi) is 13.2. The third kappa shape index (κ3) is 12.0. The molecule has 2 N–H and O–H groups in total. The molecule has 7 heteroatoms. The van der Waals surface area contributed by atoms with Gasteiger partial charge in [-0.3, -0.25) is 9.59 Å². The van der Waals surface area contributed by atoms with E-state index in [4.69, 9.17) is 4.74 Å². The lowest BCUT2D eigenvalue weighted by atomic mass is 9.96. The number of hydrogen-bond donors (Lipinski definition) is 2. The van der Waals surface area contributed by atoms with Crippen LogP contribution in [0.3, 0.4) is 0 Å². The molecule has 0 aliphatic rings. The summed E-state index contributed by atoms with van der Waals surface area (Å²) in [6, 6.07) is 4.32. The average Bonchev–Trinajstić information content (AvgIpc) is 2.71. The van der Waals surface area contributed by atoms with Gasteiger partial charge in [0, 0.05) is 12.6 Å². The molecule has 2 unspecified atom stereocenters. The summed E-state index contributed by atoms with van der Waals surface area (Å²) in [4.78, 5) is 42.2. The number of nitrogens with one attached hydrogen (secondary N) is 2. The highest BCUT2D eigenvalue weighted by molar-refractivity contribution is 5.92. The smallest absolute Gasteiger partial charge is 0.408 e. The Morgan fingerprint density at radius 3 is 2.00 bits per heavy atom. The van der Waals surface area contributed by atoms with Crippen molar-refractivity contribution in [3.8, 4) is 0 Å². The summed E-state index contributed by atoms with van der Waals surface area (Å²) in [5.41, 5.74) is 2.15. The zero-order valence-corrected chi connectivity index (χ0v) is 24.9. The highest BCUT2D eigenvalue weighted by atomic mass is 16.6. The number of nitrogens with zero attached hydrogens (tertiary/aromatic N) is 1. The van der Waals surface area contributed by atoms with Gasteiger partial charge < -0.3 is 20.3 Å². The fraction of sp³-hybridized carbons (Fsp3) is 0.700. The first-order valence-corrected chi connectivity index (χ1v) is 13.8. The van der Waals surface area contributed by atoms with E-state index in [2.05, 4.69) is 23.6 Å². The average molecular weight is 518 g/mol. The van der Waals surface area contributed by atoms with Crippen molar-refractivity contribution in [3.05, 3.63) is 34.9 Å². The summed E-state index contributed by atoms with van der Waals surface area (Å²) in [5, 5.41) is 5.84. The van der Waals surface area contributed by atoms with Crippen LogP contribution in [0.15, 0.2) is 18.2 Å². The van der Waals surface area contributed by atoms with Gasteiger partial charge >= 0.3 is 6.09 Å². The second-order valence-corrected chi connectivity index (χ2v) is 11.9. The van der Waals surface area contributed by atoms with Crippen molar-refractivity contribution in [1.82, 2.24) is 15.5 Å². The van der Waals surface area contributed by atoms with Crippen LogP contribution in [0.2, 0.25) is 0 Å². The second kappa shape index (κ2) is 15.0. The molecular formula is C30H51N3O4. The van der Waals surface area contributed by atoms with E-state index in [0.29, 0.717) is 13.0 Å². The predicted octanol–water partition coefficient (Wildman–Crippen LogP) is 6.22. The molecule has 1 aromatic carbocycles. The summed E-state index contributed by atoms with van der Waals surface area (Å²) in [6.45, 7) is 19.8. The van der Waals surface area contributed by atoms with E-state index in [0.717, 1.165) is 42.4 Å². The summed E-state index contributed by atoms with van der Waals surface area (Å²) in [5.74, 6) is -0.335. The van der Waals surface area contributed by atoms with Crippen molar-refractivity contribution < 1.29 is 19.1 Å². The largest absolute Gasteiger partial charge is 0.444 e. The van der Waals surface area contributed by atoms with E-state index in [-0.39, 0.29) is 23.8 Å². The van der Waals surface area contributed by atoms with Crippen LogP contribution in [0.4, 0.5) is 4.79 Å². The van der Waals surface area contributed by atoms with Gasteiger partial charge in [0.1, 0.15) is 17.7 Å². The first-order valence-electron chi connectivity index (χ1n) is 13.8. The molecule has 1 aromatic rings. The van der Waals surface area contributed by atoms with Crippen LogP contribution in [0.25, 0.3) is 0 Å². The molecule has 0 heterocycles. The fourth-order valence-electron chi connectivity index (χ4n) is 4.42. The van der Waals surface area contributed by atoms with Crippen molar-refractivity contribution in [2.24, 2.45) is 5.92 Å². The molecule has 2 atom stereocenters. The van der Waals surface area contributed by atoms with Gasteiger partial charge in [-0.25, -0.2) is 4.79 Å². The zero-order chi connectivity index (χ0) is 28.3. The maximum absolute atomic E-state index is 14.2. The normalized spacial score (nSPS) is 13.3. The highest BCUT2D eigenvalue weighted by Gasteiger charge is 2.36. The van der Waals surface area contributed by atoms with Crippen molar-refractivity contribution in [2.45, 2.75) is 125 Å². The molecule has 210 valence electrons. The summed E-state index contributed by atoms with van der Waals surface area (Å²) < 4.78 is 5.47. The van der Waals surface area contributed by atoms with Crippen LogP contribution in [0.1, 0.15) is 110 Å². The van der Waals surface area contributed by atoms with Crippen molar-refractivity contribution in [3.63, 3.8) is 0 Å². The highest BCUT2D eigenvalue weighted by Crippen LogP contribution is 2.27. The zero-order valence-electron chi connectivity index (χ0n) is 24.9. The number of aryl methyl sites for hydroxylation is 2. The number of carbonyl (C=O) groups excluding carboxylic acids is 3. The number of ether oxygens (including phenoxy) is 1. The Morgan fingerprint density at radius 1 is 0.919 bits per heavy atom. The minimum Gasteiger partial charge on any atom is -0.444 e. The van der Waals surface area contributed by atoms with Crippen LogP contribution in [-0.4, -0.2) is 47.0 Å².